The number of likely N-dealkylation sites (N-methyl/N-ethyl adjacent to an activating group) is 1. The van der Waals surface area contributed by atoms with Crippen LogP contribution in [0.4, 0.5) is 0 Å². The van der Waals surface area contributed by atoms with E-state index < -0.39 is 85.1 Å². The summed E-state index contributed by atoms with van der Waals surface area (Å²) in [4.78, 5) is 40.3. The minimum Gasteiger partial charge on any atom is -0.462 e. The third-order valence-electron chi connectivity index (χ3n) is 8.44. The zero-order valence-electron chi connectivity index (χ0n) is 27.4. The van der Waals surface area contributed by atoms with Gasteiger partial charge in [-0.15, -0.1) is 0 Å². The van der Waals surface area contributed by atoms with Gasteiger partial charge in [-0.3, -0.25) is 14.4 Å². The molecule has 11 atom stereocenters. The molecule has 3 rings (SSSR count). The molecule has 2 fully saturated rings. The molecule has 0 aliphatic carbocycles. The van der Waals surface area contributed by atoms with Gasteiger partial charge < -0.3 is 48.3 Å². The maximum atomic E-state index is 13.2. The summed E-state index contributed by atoms with van der Waals surface area (Å²) >= 11 is 0. The fourth-order valence-electron chi connectivity index (χ4n) is 6.16. The van der Waals surface area contributed by atoms with Crippen molar-refractivity contribution in [2.75, 3.05) is 34.4 Å². The Kier molecular flexibility index (Phi) is 14.6. The van der Waals surface area contributed by atoms with E-state index in [9.17, 15) is 24.6 Å². The Balaban J connectivity index is 2.11. The molecule has 13 heteroatoms. The molecule has 0 amide bonds. The van der Waals surface area contributed by atoms with Crippen LogP contribution in [0.1, 0.15) is 53.4 Å². The van der Waals surface area contributed by atoms with Crippen molar-refractivity contribution in [3.63, 3.8) is 0 Å². The van der Waals surface area contributed by atoms with Crippen LogP contribution >= 0.6 is 0 Å². The van der Waals surface area contributed by atoms with Gasteiger partial charge in [0, 0.05) is 32.8 Å². The van der Waals surface area contributed by atoms with Crippen molar-refractivity contribution in [1.82, 2.24) is 4.90 Å². The molecular weight excluding hydrogens is 590 g/mol. The molecule has 0 spiro atoms. The van der Waals surface area contributed by atoms with E-state index in [1.165, 1.54) is 20.1 Å². The second-order valence-electron chi connectivity index (χ2n) is 12.3. The molecule has 0 aromatic carbocycles. The quantitative estimate of drug-likeness (QED) is 0.386. The normalized spacial score (nSPS) is 39.4. The predicted octanol–water partition coefficient (Wildman–Crippen LogP) is 1.53. The van der Waals surface area contributed by atoms with E-state index in [-0.39, 0.29) is 25.0 Å². The van der Waals surface area contributed by atoms with Crippen molar-refractivity contribution in [3.8, 4) is 0 Å². The Morgan fingerprint density at radius 1 is 1.04 bits per heavy atom. The van der Waals surface area contributed by atoms with E-state index in [1.807, 2.05) is 0 Å². The lowest BCUT2D eigenvalue weighted by molar-refractivity contribution is -0.311. The van der Waals surface area contributed by atoms with Crippen LogP contribution in [0.3, 0.4) is 0 Å². The molecular formula is C32H51NO12. The maximum Gasteiger partial charge on any atom is 0.309 e. The van der Waals surface area contributed by atoms with E-state index in [4.69, 9.17) is 33.2 Å². The molecule has 2 N–H and O–H groups in total. The molecule has 0 aromatic heterocycles. The van der Waals surface area contributed by atoms with Crippen LogP contribution in [0.15, 0.2) is 24.3 Å². The summed E-state index contributed by atoms with van der Waals surface area (Å²) in [5.41, 5.74) is 0. The van der Waals surface area contributed by atoms with E-state index >= 15 is 0 Å². The number of allylic oxidation sites excluding steroid dienone is 3. The number of ether oxygens (including phenoxy) is 7. The van der Waals surface area contributed by atoms with Crippen LogP contribution in [0, 0.1) is 11.8 Å². The van der Waals surface area contributed by atoms with Gasteiger partial charge in [-0.1, -0.05) is 25.2 Å². The second kappa shape index (κ2) is 17.6. The first kappa shape index (κ1) is 37.2. The van der Waals surface area contributed by atoms with Gasteiger partial charge in [0.1, 0.15) is 24.4 Å². The number of hydrogen-bond donors (Lipinski definition) is 2. The highest BCUT2D eigenvalue weighted by atomic mass is 16.7. The highest BCUT2D eigenvalue weighted by Gasteiger charge is 2.49. The van der Waals surface area contributed by atoms with Gasteiger partial charge in [-0.2, -0.15) is 0 Å². The number of aliphatic hydroxyl groups is 2. The smallest absolute Gasteiger partial charge is 0.309 e. The standard InChI is InChI=1S/C32H51NO12/c1-18-15-22(16-26-40-13-14-41-26)30(45-32-29(38)27(33(5)6)28(37)20(3)43-32)31(39-7)24(44-21(4)34)17-25(36)42-19(2)11-9-8-10-12-23(18)35/h8-10,12,18-20,22,24,26-32,37-38H,11,13-17H2,1-7H3/b9-8-,12-10+/t18?,19?,20-,22?,24?,27+,28-,29-,30?,31?,32+/m1/s1. The van der Waals surface area contributed by atoms with E-state index in [0.717, 1.165) is 0 Å². The summed E-state index contributed by atoms with van der Waals surface area (Å²) in [6.07, 6.45) is -1.35. The Morgan fingerprint density at radius 2 is 1.73 bits per heavy atom. The lowest BCUT2D eigenvalue weighted by Crippen LogP contribution is -2.63. The van der Waals surface area contributed by atoms with Crippen molar-refractivity contribution >= 4 is 17.7 Å². The van der Waals surface area contributed by atoms with Crippen molar-refractivity contribution in [2.24, 2.45) is 11.8 Å². The minimum absolute atomic E-state index is 0.118. The zero-order valence-corrected chi connectivity index (χ0v) is 27.4. The molecule has 2 saturated heterocycles. The molecule has 0 saturated carbocycles. The second-order valence-corrected chi connectivity index (χ2v) is 12.3. The summed E-state index contributed by atoms with van der Waals surface area (Å²) in [6.45, 7) is 7.23. The number of nitrogens with zero attached hydrogens (tertiary/aromatic N) is 1. The monoisotopic (exact) mass is 641 g/mol. The van der Waals surface area contributed by atoms with Crippen LogP contribution in [-0.2, 0) is 47.5 Å². The number of carbonyl (C=O) groups excluding carboxylic acids is 3. The van der Waals surface area contributed by atoms with Crippen LogP contribution in [0.5, 0.6) is 0 Å². The highest BCUT2D eigenvalue weighted by molar-refractivity contribution is 5.91. The average molecular weight is 642 g/mol. The van der Waals surface area contributed by atoms with Gasteiger partial charge in [-0.05, 0) is 46.4 Å². The Bertz CT molecular complexity index is 1030. The van der Waals surface area contributed by atoms with E-state index in [0.29, 0.717) is 19.6 Å². The van der Waals surface area contributed by atoms with Gasteiger partial charge in [0.15, 0.2) is 18.4 Å². The lowest BCUT2D eigenvalue weighted by atomic mass is 9.82. The number of cyclic esters (lactones) is 1. The first-order valence-corrected chi connectivity index (χ1v) is 15.7. The maximum absolute atomic E-state index is 13.2. The Morgan fingerprint density at radius 3 is 2.36 bits per heavy atom. The van der Waals surface area contributed by atoms with Crippen LogP contribution in [-0.4, -0.2) is 129 Å². The largest absolute Gasteiger partial charge is 0.462 e. The number of methoxy groups -OCH3 is 1. The number of esters is 2. The molecule has 45 heavy (non-hydrogen) atoms. The Labute approximate surface area is 265 Å². The average Bonchev–Trinajstić information content (AvgIpc) is 3.47. The molecule has 13 nitrogen and oxygen atoms in total. The fourth-order valence-corrected chi connectivity index (χ4v) is 6.16. The van der Waals surface area contributed by atoms with Crippen molar-refractivity contribution < 1.29 is 57.8 Å². The van der Waals surface area contributed by atoms with E-state index in [1.54, 1.807) is 58.0 Å². The first-order chi connectivity index (χ1) is 21.3. The van der Waals surface area contributed by atoms with Gasteiger partial charge in [0.2, 0.25) is 0 Å². The SMILES string of the molecule is COC1C(OC(C)=O)CC(=O)OC(C)C/C=C\C=C\C(=O)C(C)CC(CC2OCCO2)C1O[C@@H]1O[C@H](C)[C@@H](O)[C@H](N(C)C)[C@H]1O. The fraction of sp³-hybridized carbons (Fsp3) is 0.781. The number of carbonyl (C=O) groups is 3. The molecule has 3 aliphatic heterocycles. The number of aliphatic hydroxyl groups excluding tert-OH is 2. The number of hydrogen-bond acceptors (Lipinski definition) is 13. The molecule has 0 radical (unpaired) electrons. The van der Waals surface area contributed by atoms with Gasteiger partial charge in [0.25, 0.3) is 0 Å². The first-order valence-electron chi connectivity index (χ1n) is 15.7. The predicted molar refractivity (Wildman–Crippen MR) is 161 cm³/mol. The summed E-state index contributed by atoms with van der Waals surface area (Å²) in [5, 5.41) is 22.2. The minimum atomic E-state index is -1.30. The van der Waals surface area contributed by atoms with Crippen molar-refractivity contribution in [3.05, 3.63) is 24.3 Å². The number of ketones is 1. The zero-order chi connectivity index (χ0) is 33.3. The topological polar surface area (TPSA) is 160 Å². The highest BCUT2D eigenvalue weighted by Crippen LogP contribution is 2.35. The van der Waals surface area contributed by atoms with Crippen molar-refractivity contribution in [1.29, 1.82) is 0 Å². The van der Waals surface area contributed by atoms with Gasteiger partial charge >= 0.3 is 11.9 Å². The Hall–Kier alpha value is -2.23. The van der Waals surface area contributed by atoms with Crippen LogP contribution < -0.4 is 0 Å². The molecule has 256 valence electrons. The summed E-state index contributed by atoms with van der Waals surface area (Å²) in [6, 6.07) is -0.731. The molecule has 6 unspecified atom stereocenters. The van der Waals surface area contributed by atoms with Crippen LogP contribution in [0.25, 0.3) is 0 Å². The van der Waals surface area contributed by atoms with E-state index in [2.05, 4.69) is 0 Å². The van der Waals surface area contributed by atoms with Gasteiger partial charge in [-0.25, -0.2) is 0 Å². The van der Waals surface area contributed by atoms with Crippen LogP contribution in [0.2, 0.25) is 0 Å². The molecule has 3 heterocycles. The van der Waals surface area contributed by atoms with Crippen molar-refractivity contribution in [2.45, 2.75) is 115 Å². The summed E-state index contributed by atoms with van der Waals surface area (Å²) < 4.78 is 41.4. The third kappa shape index (κ3) is 10.6. The number of rotatable bonds is 7. The van der Waals surface area contributed by atoms with Gasteiger partial charge in [0.05, 0.1) is 44.0 Å². The molecule has 0 aromatic rings. The summed E-state index contributed by atoms with van der Waals surface area (Å²) in [7, 11) is 4.86. The lowest BCUT2D eigenvalue weighted by Gasteiger charge is -2.47. The summed E-state index contributed by atoms with van der Waals surface area (Å²) in [5.74, 6) is -2.40. The molecule has 3 aliphatic rings. The molecule has 0 bridgehead atoms. The third-order valence-corrected chi connectivity index (χ3v) is 8.44.